The van der Waals surface area contributed by atoms with Crippen LogP contribution in [0.4, 0.5) is 0 Å². The first-order valence-corrected chi connectivity index (χ1v) is 14.8. The van der Waals surface area contributed by atoms with Crippen LogP contribution in [0, 0.1) is 6.92 Å². The molecular formula is C33H45N5O2. The zero-order valence-electron chi connectivity index (χ0n) is 24.5. The van der Waals surface area contributed by atoms with Gasteiger partial charge in [-0.3, -0.25) is 9.69 Å². The number of benzene rings is 2. The highest BCUT2D eigenvalue weighted by Crippen LogP contribution is 2.31. The molecule has 0 bridgehead atoms. The molecule has 2 aliphatic rings. The largest absolute Gasteiger partial charge is 0.497 e. The maximum absolute atomic E-state index is 13.2. The summed E-state index contributed by atoms with van der Waals surface area (Å²) in [6.07, 6.45) is 5.96. The average Bonchev–Trinajstić information content (AvgIpc) is 3.26. The monoisotopic (exact) mass is 543 g/mol. The predicted octanol–water partition coefficient (Wildman–Crippen LogP) is 4.00. The fourth-order valence-corrected chi connectivity index (χ4v) is 6.02. The second-order valence-electron chi connectivity index (χ2n) is 11.3. The first-order valence-electron chi connectivity index (χ1n) is 14.8. The summed E-state index contributed by atoms with van der Waals surface area (Å²) in [6, 6.07) is 16.9. The summed E-state index contributed by atoms with van der Waals surface area (Å²) in [6.45, 7) is 13.3. The second kappa shape index (κ2) is 13.5. The van der Waals surface area contributed by atoms with Crippen LogP contribution >= 0.6 is 0 Å². The molecule has 1 aromatic heterocycles. The van der Waals surface area contributed by atoms with Gasteiger partial charge in [-0.1, -0.05) is 30.3 Å². The highest BCUT2D eigenvalue weighted by Gasteiger charge is 2.20. The summed E-state index contributed by atoms with van der Waals surface area (Å²) in [5.41, 5.74) is 4.89. The van der Waals surface area contributed by atoms with Crippen LogP contribution in [-0.4, -0.2) is 110 Å². The molecule has 3 heterocycles. The van der Waals surface area contributed by atoms with Crippen LogP contribution in [0.3, 0.4) is 0 Å². The van der Waals surface area contributed by atoms with Crippen molar-refractivity contribution in [1.82, 2.24) is 24.2 Å². The number of likely N-dealkylation sites (N-methyl/N-ethyl adjacent to an activating group) is 1. The van der Waals surface area contributed by atoms with Crippen molar-refractivity contribution >= 4 is 22.9 Å². The molecule has 0 spiro atoms. The summed E-state index contributed by atoms with van der Waals surface area (Å²) in [5, 5.41) is 1.14. The molecule has 5 rings (SSSR count). The third kappa shape index (κ3) is 6.95. The molecule has 0 radical (unpaired) electrons. The molecule has 0 N–H and O–H groups in total. The molecule has 0 atom stereocenters. The average molecular weight is 544 g/mol. The van der Waals surface area contributed by atoms with Gasteiger partial charge in [0.1, 0.15) is 5.75 Å². The van der Waals surface area contributed by atoms with Gasteiger partial charge in [0.05, 0.1) is 7.11 Å². The van der Waals surface area contributed by atoms with Gasteiger partial charge >= 0.3 is 0 Å². The minimum absolute atomic E-state index is 0.0981. The van der Waals surface area contributed by atoms with Gasteiger partial charge in [0.2, 0.25) is 5.91 Å². The number of amides is 1. The van der Waals surface area contributed by atoms with Crippen molar-refractivity contribution in [2.24, 2.45) is 0 Å². The van der Waals surface area contributed by atoms with E-state index in [1.54, 1.807) is 13.2 Å². The molecule has 214 valence electrons. The van der Waals surface area contributed by atoms with Crippen LogP contribution in [0.5, 0.6) is 5.75 Å². The van der Waals surface area contributed by atoms with Gasteiger partial charge in [0.15, 0.2) is 0 Å². The van der Waals surface area contributed by atoms with E-state index in [2.05, 4.69) is 75.7 Å². The Bertz CT molecular complexity index is 1290. The number of fused-ring (bicyclic) bond motifs is 1. The Balaban J connectivity index is 1.21. The summed E-state index contributed by atoms with van der Waals surface area (Å²) >= 11 is 0. The number of methoxy groups -OCH3 is 1. The van der Waals surface area contributed by atoms with Crippen LogP contribution in [-0.2, 0) is 17.8 Å². The van der Waals surface area contributed by atoms with Gasteiger partial charge in [-0.05, 0) is 63.2 Å². The highest BCUT2D eigenvalue weighted by molar-refractivity contribution is 5.98. The van der Waals surface area contributed by atoms with Crippen LogP contribution in [0.2, 0.25) is 0 Å². The first-order chi connectivity index (χ1) is 19.5. The van der Waals surface area contributed by atoms with Crippen molar-refractivity contribution in [3.05, 3.63) is 71.4 Å². The molecule has 3 aromatic rings. The van der Waals surface area contributed by atoms with E-state index < -0.39 is 0 Å². The van der Waals surface area contributed by atoms with Gasteiger partial charge in [-0.25, -0.2) is 0 Å². The lowest BCUT2D eigenvalue weighted by atomic mass is 10.1. The minimum Gasteiger partial charge on any atom is -0.497 e. The number of rotatable bonds is 10. The predicted molar refractivity (Wildman–Crippen MR) is 164 cm³/mol. The van der Waals surface area contributed by atoms with E-state index in [9.17, 15) is 4.79 Å². The van der Waals surface area contributed by atoms with Gasteiger partial charge in [0, 0.05) is 93.7 Å². The molecule has 2 saturated heterocycles. The van der Waals surface area contributed by atoms with Crippen molar-refractivity contribution < 1.29 is 9.53 Å². The topological polar surface area (TPSA) is 44.2 Å². The smallest absolute Gasteiger partial charge is 0.246 e. The van der Waals surface area contributed by atoms with E-state index in [-0.39, 0.29) is 5.91 Å². The maximum atomic E-state index is 13.2. The molecule has 0 saturated carbocycles. The molecule has 0 aliphatic carbocycles. The quantitative estimate of drug-likeness (QED) is 0.362. The van der Waals surface area contributed by atoms with E-state index in [0.717, 1.165) is 102 Å². The van der Waals surface area contributed by atoms with Crippen molar-refractivity contribution in [3.8, 4) is 5.75 Å². The van der Waals surface area contributed by atoms with E-state index in [1.165, 1.54) is 16.8 Å². The van der Waals surface area contributed by atoms with Crippen LogP contribution in [0.1, 0.15) is 23.2 Å². The minimum atomic E-state index is 0.0981. The number of carbonyl (C=O) groups is 1. The van der Waals surface area contributed by atoms with Crippen molar-refractivity contribution in [1.29, 1.82) is 0 Å². The van der Waals surface area contributed by atoms with Crippen LogP contribution < -0.4 is 4.74 Å². The summed E-state index contributed by atoms with van der Waals surface area (Å²) in [7, 11) is 3.91. The first kappa shape index (κ1) is 28.4. The number of aryl methyl sites for hydroxylation is 1. The van der Waals surface area contributed by atoms with Crippen molar-refractivity contribution in [3.63, 3.8) is 0 Å². The Kier molecular flexibility index (Phi) is 9.57. The zero-order chi connectivity index (χ0) is 27.9. The summed E-state index contributed by atoms with van der Waals surface area (Å²) in [4.78, 5) is 22.6. The molecule has 2 aromatic carbocycles. The molecule has 1 amide bonds. The maximum Gasteiger partial charge on any atom is 0.246 e. The van der Waals surface area contributed by atoms with E-state index >= 15 is 0 Å². The lowest BCUT2D eigenvalue weighted by Gasteiger charge is -2.34. The number of nitrogens with zero attached hydrogens (tertiary/aromatic N) is 5. The van der Waals surface area contributed by atoms with E-state index in [0.29, 0.717) is 0 Å². The van der Waals surface area contributed by atoms with Crippen LogP contribution in [0.25, 0.3) is 17.0 Å². The molecule has 2 aliphatic heterocycles. The third-order valence-electron chi connectivity index (χ3n) is 8.67. The Morgan fingerprint density at radius 1 is 0.875 bits per heavy atom. The SMILES string of the molecule is COc1ccc2c(c1)c(/C=C/C(=O)N1CCN(CCc3ccccc3)CC1)c(C)n2CCCN1CCN(C)CC1. The zero-order valence-corrected chi connectivity index (χ0v) is 24.5. The molecule has 7 nitrogen and oxygen atoms in total. The van der Waals surface area contributed by atoms with Gasteiger partial charge in [-0.15, -0.1) is 0 Å². The highest BCUT2D eigenvalue weighted by atomic mass is 16.5. The number of hydrogen-bond donors (Lipinski definition) is 0. The number of hydrogen-bond acceptors (Lipinski definition) is 5. The summed E-state index contributed by atoms with van der Waals surface area (Å²) < 4.78 is 7.97. The van der Waals surface area contributed by atoms with Gasteiger partial charge in [0.25, 0.3) is 0 Å². The van der Waals surface area contributed by atoms with Gasteiger partial charge in [-0.2, -0.15) is 0 Å². The Morgan fingerprint density at radius 2 is 1.57 bits per heavy atom. The molecule has 40 heavy (non-hydrogen) atoms. The molecular weight excluding hydrogens is 498 g/mol. The van der Waals surface area contributed by atoms with E-state index in [1.807, 2.05) is 17.0 Å². The van der Waals surface area contributed by atoms with Crippen molar-refractivity contribution in [2.45, 2.75) is 26.3 Å². The van der Waals surface area contributed by atoms with Crippen LogP contribution in [0.15, 0.2) is 54.6 Å². The molecule has 7 heteroatoms. The Morgan fingerprint density at radius 3 is 2.30 bits per heavy atom. The lowest BCUT2D eigenvalue weighted by molar-refractivity contribution is -0.127. The normalized spacial score (nSPS) is 17.7. The van der Waals surface area contributed by atoms with E-state index in [4.69, 9.17) is 4.74 Å². The number of carbonyl (C=O) groups excluding carboxylic acids is 1. The summed E-state index contributed by atoms with van der Waals surface area (Å²) in [5.74, 6) is 0.940. The fraction of sp³-hybridized carbons (Fsp3) is 0.485. The second-order valence-corrected chi connectivity index (χ2v) is 11.3. The van der Waals surface area contributed by atoms with Crippen molar-refractivity contribution in [2.75, 3.05) is 79.6 Å². The van der Waals surface area contributed by atoms with Gasteiger partial charge < -0.3 is 24.0 Å². The molecule has 0 unspecified atom stereocenters. The number of ether oxygens (including phenoxy) is 1. The molecule has 2 fully saturated rings. The Hall–Kier alpha value is -3.13. The fourth-order valence-electron chi connectivity index (χ4n) is 6.02. The third-order valence-corrected chi connectivity index (χ3v) is 8.67. The number of piperazine rings is 2. The Labute approximate surface area is 239 Å². The standard InChI is InChI=1S/C33H45N5O2/c1-27-30(11-13-33(39)37-24-22-36(23-25-37)17-14-28-8-5-4-6-9-28)31-26-29(40-3)10-12-32(31)38(27)16-7-15-35-20-18-34(2)19-21-35/h4-6,8-13,26H,7,14-25H2,1-3H3/b13-11+. The number of aromatic nitrogens is 1. The lowest BCUT2D eigenvalue weighted by Crippen LogP contribution is -2.48.